The predicted octanol–water partition coefficient (Wildman–Crippen LogP) is 3.41. The van der Waals surface area contributed by atoms with E-state index in [1.54, 1.807) is 54.6 Å². The van der Waals surface area contributed by atoms with Crippen LogP contribution >= 0.6 is 0 Å². The number of amides is 5. The summed E-state index contributed by atoms with van der Waals surface area (Å²) in [5.74, 6) is -4.09. The lowest BCUT2D eigenvalue weighted by molar-refractivity contribution is -0.212. The van der Waals surface area contributed by atoms with Crippen LogP contribution in [0.15, 0.2) is 84.9 Å². The predicted molar refractivity (Wildman–Crippen MR) is 182 cm³/mol. The zero-order valence-electron chi connectivity index (χ0n) is 28.1. The average molecular weight is 700 g/mol. The zero-order valence-corrected chi connectivity index (χ0v) is 28.1. The molecule has 3 unspecified atom stereocenters. The molecule has 11 nitrogen and oxygen atoms in total. The average Bonchev–Trinajstić information content (AvgIpc) is 3.09. The third kappa shape index (κ3) is 14.1. The minimum absolute atomic E-state index is 0.0182. The lowest BCUT2D eigenvalue weighted by Crippen LogP contribution is -2.57. The maximum Gasteiger partial charge on any atom is 0.416 e. The van der Waals surface area contributed by atoms with E-state index in [9.17, 15) is 42.3 Å². The Hall–Kier alpha value is -5.24. The van der Waals surface area contributed by atoms with Gasteiger partial charge in [0.1, 0.15) is 12.1 Å². The number of halogens is 3. The number of hydrogen-bond donors (Lipinski definition) is 6. The van der Waals surface area contributed by atoms with Crippen LogP contribution < -0.4 is 27.0 Å². The van der Waals surface area contributed by atoms with Crippen LogP contribution in [0.5, 0.6) is 0 Å². The molecule has 0 radical (unpaired) electrons. The third-order valence-corrected chi connectivity index (χ3v) is 7.10. The molecule has 0 aliphatic carbocycles. The smallest absolute Gasteiger partial charge is 0.382 e. The molecule has 5 amide bonds. The Morgan fingerprint density at radius 1 is 0.780 bits per heavy atom. The number of rotatable bonds is 15. The summed E-state index contributed by atoms with van der Waals surface area (Å²) in [4.78, 5) is 62.6. The highest BCUT2D eigenvalue weighted by molar-refractivity contribution is 5.98. The molecule has 3 rings (SSSR count). The summed E-state index contributed by atoms with van der Waals surface area (Å²) in [6.45, 7) is 4.97. The summed E-state index contributed by atoms with van der Waals surface area (Å²) in [7, 11) is 0. The van der Waals surface area contributed by atoms with Crippen molar-refractivity contribution in [3.8, 4) is 11.1 Å². The lowest BCUT2D eigenvalue weighted by Gasteiger charge is -2.27. The fraction of sp³-hybridized carbons (Fsp3) is 0.361. The van der Waals surface area contributed by atoms with Gasteiger partial charge in [0.2, 0.25) is 23.6 Å². The normalized spacial score (nSPS) is 13.3. The Morgan fingerprint density at radius 3 is 1.86 bits per heavy atom. The monoisotopic (exact) mass is 699 g/mol. The molecule has 14 heteroatoms. The molecule has 270 valence electrons. The Kier molecular flexibility index (Phi) is 16.6. The van der Waals surface area contributed by atoms with E-state index in [2.05, 4.69) is 29.8 Å². The Morgan fingerprint density at radius 2 is 1.32 bits per heavy atom. The van der Waals surface area contributed by atoms with Gasteiger partial charge < -0.3 is 32.1 Å². The van der Waals surface area contributed by atoms with E-state index < -0.39 is 79.3 Å². The zero-order chi connectivity index (χ0) is 37.3. The van der Waals surface area contributed by atoms with Crippen molar-refractivity contribution in [2.75, 3.05) is 6.54 Å². The van der Waals surface area contributed by atoms with Crippen molar-refractivity contribution in [1.82, 2.24) is 21.3 Å². The molecular formula is C36H44F3N5O6. The first kappa shape index (κ1) is 40.9. The Labute approximate surface area is 289 Å². The van der Waals surface area contributed by atoms with Crippen molar-refractivity contribution < 1.29 is 42.3 Å². The molecule has 7 N–H and O–H groups in total. The van der Waals surface area contributed by atoms with E-state index in [1.807, 2.05) is 35.6 Å². The van der Waals surface area contributed by atoms with E-state index in [-0.39, 0.29) is 6.42 Å². The van der Waals surface area contributed by atoms with Crippen LogP contribution in [-0.4, -0.2) is 71.6 Å². The van der Waals surface area contributed by atoms with Crippen LogP contribution in [0.1, 0.15) is 56.0 Å². The molecule has 0 saturated heterocycles. The number of carbonyl (C=O) groups excluding carboxylic acids is 5. The minimum atomic E-state index is -5.10. The van der Waals surface area contributed by atoms with E-state index in [0.717, 1.165) is 11.1 Å². The van der Waals surface area contributed by atoms with Gasteiger partial charge in [-0.05, 0) is 42.2 Å². The quantitative estimate of drug-likeness (QED) is 0.142. The van der Waals surface area contributed by atoms with Crippen molar-refractivity contribution >= 4 is 29.5 Å². The molecule has 0 aromatic heterocycles. The summed E-state index contributed by atoms with van der Waals surface area (Å²) < 4.78 is 39.5. The van der Waals surface area contributed by atoms with Crippen LogP contribution in [-0.2, 0) is 25.6 Å². The maximum atomic E-state index is 13.2. The summed E-state index contributed by atoms with van der Waals surface area (Å²) in [5, 5.41) is 19.1. The maximum absolute atomic E-state index is 13.2. The number of nitrogens with one attached hydrogen (secondary N) is 4. The second-order valence-corrected chi connectivity index (χ2v) is 11.5. The van der Waals surface area contributed by atoms with Crippen molar-refractivity contribution in [3.05, 3.63) is 96.1 Å². The van der Waals surface area contributed by atoms with Gasteiger partial charge in [-0.3, -0.25) is 24.0 Å². The second-order valence-electron chi connectivity index (χ2n) is 11.5. The molecule has 0 aliphatic rings. The van der Waals surface area contributed by atoms with E-state index in [0.29, 0.717) is 11.1 Å². The van der Waals surface area contributed by atoms with Gasteiger partial charge in [0.15, 0.2) is 6.10 Å². The summed E-state index contributed by atoms with van der Waals surface area (Å²) in [5.41, 5.74) is 7.82. The fourth-order valence-electron chi connectivity index (χ4n) is 4.53. The molecule has 3 aromatic carbocycles. The standard InChI is InChI=1S/C33H36F3N5O6.C3H8/c1-20(30(45)41-25(16-17-27(37)42)29(44)33(34,35)36)39-32(47)26(18-21-8-4-2-5-9-21)40-28(43)19-38-31(46)24-14-12-23(13-15-24)22-10-6-3-7-11-22;1-3-2/h2-15,20,25-26,29,44H,16-19H2,1H3,(H2,37,42)(H,38,46)(H,39,47)(H,40,43)(H,41,45);3H2,1-2H3/t20-,25?,26?,29?;/m1./s1. The molecule has 0 saturated carbocycles. The van der Waals surface area contributed by atoms with Crippen molar-refractivity contribution in [1.29, 1.82) is 0 Å². The number of aliphatic hydroxyl groups is 1. The van der Waals surface area contributed by atoms with Gasteiger partial charge in [-0.25, -0.2) is 0 Å². The van der Waals surface area contributed by atoms with Crippen LogP contribution in [0.2, 0.25) is 0 Å². The van der Waals surface area contributed by atoms with Gasteiger partial charge in [0, 0.05) is 18.4 Å². The largest absolute Gasteiger partial charge is 0.416 e. The molecule has 4 atom stereocenters. The summed E-state index contributed by atoms with van der Waals surface area (Å²) in [6, 6.07) is 20.3. The van der Waals surface area contributed by atoms with Crippen molar-refractivity contribution in [2.45, 2.75) is 76.9 Å². The van der Waals surface area contributed by atoms with Crippen LogP contribution in [0.4, 0.5) is 13.2 Å². The number of nitrogens with two attached hydrogens (primary N) is 1. The highest BCUT2D eigenvalue weighted by atomic mass is 19.4. The first-order valence-corrected chi connectivity index (χ1v) is 16.1. The van der Waals surface area contributed by atoms with Gasteiger partial charge in [0.25, 0.3) is 5.91 Å². The molecule has 3 aromatic rings. The molecular weight excluding hydrogens is 655 g/mol. The number of benzene rings is 3. The second kappa shape index (κ2) is 20.3. The number of primary amides is 1. The number of alkyl halides is 3. The fourth-order valence-corrected chi connectivity index (χ4v) is 4.53. The Balaban J connectivity index is 0.00000278. The third-order valence-electron chi connectivity index (χ3n) is 7.10. The molecule has 0 bridgehead atoms. The van der Waals surface area contributed by atoms with Gasteiger partial charge in [0.05, 0.1) is 12.6 Å². The number of hydrogen-bond acceptors (Lipinski definition) is 6. The number of aliphatic hydroxyl groups excluding tert-OH is 1. The van der Waals surface area contributed by atoms with Crippen LogP contribution in [0, 0.1) is 0 Å². The van der Waals surface area contributed by atoms with Gasteiger partial charge in [-0.15, -0.1) is 0 Å². The van der Waals surface area contributed by atoms with Gasteiger partial charge >= 0.3 is 6.18 Å². The minimum Gasteiger partial charge on any atom is -0.382 e. The van der Waals surface area contributed by atoms with Gasteiger partial charge in [-0.1, -0.05) is 93.1 Å². The SMILES string of the molecule is CCC.C[C@@H](NC(=O)C(Cc1ccccc1)NC(=O)CNC(=O)c1ccc(-c2ccccc2)cc1)C(=O)NC(CCC(N)=O)C(O)C(F)(F)F. The highest BCUT2D eigenvalue weighted by Crippen LogP contribution is 2.24. The molecule has 0 heterocycles. The van der Waals surface area contributed by atoms with Crippen LogP contribution in [0.3, 0.4) is 0 Å². The summed E-state index contributed by atoms with van der Waals surface area (Å²) in [6.07, 6.45) is -8.00. The first-order valence-electron chi connectivity index (χ1n) is 16.1. The number of carbonyl (C=O) groups is 5. The lowest BCUT2D eigenvalue weighted by atomic mass is 10.0. The Bertz CT molecular complexity index is 1540. The van der Waals surface area contributed by atoms with Crippen molar-refractivity contribution in [2.24, 2.45) is 5.73 Å². The molecule has 0 spiro atoms. The molecule has 0 aliphatic heterocycles. The van der Waals surface area contributed by atoms with Crippen molar-refractivity contribution in [3.63, 3.8) is 0 Å². The molecule has 0 fully saturated rings. The highest BCUT2D eigenvalue weighted by Gasteiger charge is 2.44. The van der Waals surface area contributed by atoms with Gasteiger partial charge in [-0.2, -0.15) is 13.2 Å². The van der Waals surface area contributed by atoms with Crippen LogP contribution in [0.25, 0.3) is 11.1 Å². The van der Waals surface area contributed by atoms with E-state index in [1.165, 1.54) is 13.3 Å². The van der Waals surface area contributed by atoms with E-state index in [4.69, 9.17) is 5.73 Å². The van der Waals surface area contributed by atoms with E-state index >= 15 is 0 Å². The molecule has 50 heavy (non-hydrogen) atoms. The first-order chi connectivity index (χ1) is 23.7. The topological polar surface area (TPSA) is 180 Å². The summed E-state index contributed by atoms with van der Waals surface area (Å²) >= 11 is 0.